The SMILES string of the molecule is Cc1cc(Br)sc1CNCCOc1ccc(C(C)(C)C)cc1. The third-order valence-corrected chi connectivity index (χ3v) is 5.28. The fourth-order valence-corrected chi connectivity index (χ4v) is 3.94. The molecule has 0 aliphatic heterocycles. The monoisotopic (exact) mass is 381 g/mol. The van der Waals surface area contributed by atoms with Gasteiger partial charge in [-0.2, -0.15) is 0 Å². The minimum absolute atomic E-state index is 0.187. The second kappa shape index (κ2) is 7.62. The van der Waals surface area contributed by atoms with Gasteiger partial charge >= 0.3 is 0 Å². The van der Waals surface area contributed by atoms with E-state index in [1.807, 2.05) is 0 Å². The Balaban J connectivity index is 1.71. The Morgan fingerprint density at radius 2 is 1.86 bits per heavy atom. The summed E-state index contributed by atoms with van der Waals surface area (Å²) in [7, 11) is 0. The van der Waals surface area contributed by atoms with Crippen molar-refractivity contribution in [2.45, 2.75) is 39.7 Å². The van der Waals surface area contributed by atoms with Crippen LogP contribution in [-0.4, -0.2) is 13.2 Å². The number of nitrogens with one attached hydrogen (secondary N) is 1. The zero-order valence-electron chi connectivity index (χ0n) is 13.7. The maximum absolute atomic E-state index is 5.78. The molecule has 1 aromatic heterocycles. The molecular weight excluding hydrogens is 358 g/mol. The summed E-state index contributed by atoms with van der Waals surface area (Å²) in [5.74, 6) is 0.935. The number of hydrogen-bond acceptors (Lipinski definition) is 3. The lowest BCUT2D eigenvalue weighted by atomic mass is 9.87. The van der Waals surface area contributed by atoms with Gasteiger partial charge in [0.15, 0.2) is 0 Å². The van der Waals surface area contributed by atoms with Crippen LogP contribution in [0.25, 0.3) is 0 Å². The standard InChI is InChI=1S/C18H24BrNOS/c1-13-11-17(19)22-16(13)12-20-9-10-21-15-7-5-14(6-8-15)18(2,3)4/h5-8,11,20H,9-10,12H2,1-4H3. The minimum atomic E-state index is 0.187. The van der Waals surface area contributed by atoms with E-state index in [-0.39, 0.29) is 5.41 Å². The Bertz CT molecular complexity index is 599. The maximum Gasteiger partial charge on any atom is 0.119 e. The topological polar surface area (TPSA) is 21.3 Å². The van der Waals surface area contributed by atoms with Gasteiger partial charge in [-0.25, -0.2) is 0 Å². The number of hydrogen-bond donors (Lipinski definition) is 1. The van der Waals surface area contributed by atoms with E-state index in [2.05, 4.69) is 79.3 Å². The van der Waals surface area contributed by atoms with Gasteiger partial charge in [-0.15, -0.1) is 11.3 Å². The third-order valence-electron chi connectivity index (χ3n) is 3.54. The molecule has 0 radical (unpaired) electrons. The second-order valence-electron chi connectivity index (χ2n) is 6.46. The average molecular weight is 382 g/mol. The molecular formula is C18H24BrNOS. The van der Waals surface area contributed by atoms with E-state index in [1.165, 1.54) is 19.8 Å². The van der Waals surface area contributed by atoms with Crippen LogP contribution < -0.4 is 10.1 Å². The van der Waals surface area contributed by atoms with Crippen molar-refractivity contribution in [3.05, 3.63) is 50.1 Å². The van der Waals surface area contributed by atoms with E-state index in [0.717, 1.165) is 18.8 Å². The van der Waals surface area contributed by atoms with Crippen molar-refractivity contribution in [1.82, 2.24) is 5.32 Å². The maximum atomic E-state index is 5.78. The molecule has 1 aromatic carbocycles. The number of rotatable bonds is 6. The molecule has 1 N–H and O–H groups in total. The number of ether oxygens (including phenoxy) is 1. The molecule has 0 saturated carbocycles. The molecule has 1 heterocycles. The Morgan fingerprint density at radius 1 is 1.18 bits per heavy atom. The van der Waals surface area contributed by atoms with Gasteiger partial charge in [0, 0.05) is 18.0 Å². The van der Waals surface area contributed by atoms with Crippen molar-refractivity contribution in [3.8, 4) is 5.75 Å². The third kappa shape index (κ3) is 5.11. The molecule has 2 rings (SSSR count). The first-order valence-electron chi connectivity index (χ1n) is 7.55. The lowest BCUT2D eigenvalue weighted by molar-refractivity contribution is 0.313. The Hall–Kier alpha value is -0.840. The molecule has 0 atom stereocenters. The van der Waals surface area contributed by atoms with Gasteiger partial charge in [-0.1, -0.05) is 32.9 Å². The summed E-state index contributed by atoms with van der Waals surface area (Å²) < 4.78 is 6.97. The molecule has 0 unspecified atom stereocenters. The highest BCUT2D eigenvalue weighted by atomic mass is 79.9. The normalized spacial score (nSPS) is 11.7. The number of halogens is 1. The first-order chi connectivity index (χ1) is 10.4. The van der Waals surface area contributed by atoms with Gasteiger partial charge < -0.3 is 10.1 Å². The second-order valence-corrected chi connectivity index (χ2v) is 8.97. The van der Waals surface area contributed by atoms with Gasteiger partial charge in [0.1, 0.15) is 12.4 Å². The van der Waals surface area contributed by atoms with Gasteiger partial charge in [-0.05, 0) is 57.6 Å². The Kier molecular flexibility index (Phi) is 6.07. The Labute approximate surface area is 146 Å². The van der Waals surface area contributed by atoms with E-state index in [0.29, 0.717) is 6.61 Å². The molecule has 2 nitrogen and oxygen atoms in total. The number of benzene rings is 1. The zero-order chi connectivity index (χ0) is 16.2. The number of thiophene rings is 1. The van der Waals surface area contributed by atoms with Crippen molar-refractivity contribution in [1.29, 1.82) is 0 Å². The van der Waals surface area contributed by atoms with E-state index in [1.54, 1.807) is 11.3 Å². The first-order valence-corrected chi connectivity index (χ1v) is 9.16. The fourth-order valence-electron chi connectivity index (χ4n) is 2.15. The van der Waals surface area contributed by atoms with Crippen LogP contribution in [0.5, 0.6) is 5.75 Å². The summed E-state index contributed by atoms with van der Waals surface area (Å²) in [6.07, 6.45) is 0. The van der Waals surface area contributed by atoms with Crippen LogP contribution in [-0.2, 0) is 12.0 Å². The van der Waals surface area contributed by atoms with Crippen molar-refractivity contribution in [2.24, 2.45) is 0 Å². The van der Waals surface area contributed by atoms with Crippen LogP contribution in [0.1, 0.15) is 36.8 Å². The molecule has 0 aliphatic carbocycles. The zero-order valence-corrected chi connectivity index (χ0v) is 16.1. The highest BCUT2D eigenvalue weighted by Gasteiger charge is 2.12. The summed E-state index contributed by atoms with van der Waals surface area (Å²) in [6, 6.07) is 10.6. The molecule has 0 amide bonds. The molecule has 0 aliphatic rings. The van der Waals surface area contributed by atoms with Crippen molar-refractivity contribution in [3.63, 3.8) is 0 Å². The highest BCUT2D eigenvalue weighted by Crippen LogP contribution is 2.26. The van der Waals surface area contributed by atoms with Crippen LogP contribution in [0.2, 0.25) is 0 Å². The largest absolute Gasteiger partial charge is 0.492 e. The molecule has 0 saturated heterocycles. The molecule has 2 aromatic rings. The smallest absolute Gasteiger partial charge is 0.119 e. The summed E-state index contributed by atoms with van der Waals surface area (Å²) in [6.45, 7) is 11.2. The molecule has 0 bridgehead atoms. The van der Waals surface area contributed by atoms with Crippen LogP contribution >= 0.6 is 27.3 Å². The van der Waals surface area contributed by atoms with Gasteiger partial charge in [0.2, 0.25) is 0 Å². The quantitative estimate of drug-likeness (QED) is 0.686. The van der Waals surface area contributed by atoms with Crippen molar-refractivity contribution < 1.29 is 4.74 Å². The summed E-state index contributed by atoms with van der Waals surface area (Å²) in [5.41, 5.74) is 2.85. The van der Waals surface area contributed by atoms with Crippen LogP contribution in [0.3, 0.4) is 0 Å². The van der Waals surface area contributed by atoms with Gasteiger partial charge in [0.05, 0.1) is 3.79 Å². The molecule has 4 heteroatoms. The summed E-state index contributed by atoms with van der Waals surface area (Å²) in [4.78, 5) is 1.38. The highest BCUT2D eigenvalue weighted by molar-refractivity contribution is 9.11. The Morgan fingerprint density at radius 3 is 2.41 bits per heavy atom. The molecule has 22 heavy (non-hydrogen) atoms. The molecule has 0 fully saturated rings. The minimum Gasteiger partial charge on any atom is -0.492 e. The first kappa shape index (κ1) is 17.5. The predicted octanol–water partition coefficient (Wildman–Crippen LogP) is 5.29. The molecule has 0 spiro atoms. The van der Waals surface area contributed by atoms with Crippen LogP contribution in [0.4, 0.5) is 0 Å². The van der Waals surface area contributed by atoms with E-state index in [4.69, 9.17) is 4.74 Å². The van der Waals surface area contributed by atoms with Crippen LogP contribution in [0.15, 0.2) is 34.1 Å². The lowest BCUT2D eigenvalue weighted by Crippen LogP contribution is -2.20. The summed E-state index contributed by atoms with van der Waals surface area (Å²) >= 11 is 5.31. The van der Waals surface area contributed by atoms with E-state index in [9.17, 15) is 0 Å². The van der Waals surface area contributed by atoms with Crippen LogP contribution in [0, 0.1) is 6.92 Å². The van der Waals surface area contributed by atoms with E-state index < -0.39 is 0 Å². The molecule has 120 valence electrons. The average Bonchev–Trinajstić information content (AvgIpc) is 2.76. The number of aryl methyl sites for hydroxylation is 1. The van der Waals surface area contributed by atoms with Gasteiger partial charge in [0.25, 0.3) is 0 Å². The van der Waals surface area contributed by atoms with Crippen molar-refractivity contribution >= 4 is 27.3 Å². The van der Waals surface area contributed by atoms with Crippen molar-refractivity contribution in [2.75, 3.05) is 13.2 Å². The predicted molar refractivity (Wildman–Crippen MR) is 99.1 cm³/mol. The summed E-state index contributed by atoms with van der Waals surface area (Å²) in [5, 5.41) is 3.43. The fraction of sp³-hybridized carbons (Fsp3) is 0.444. The van der Waals surface area contributed by atoms with Gasteiger partial charge in [-0.3, -0.25) is 0 Å². The lowest BCUT2D eigenvalue weighted by Gasteiger charge is -2.19. The van der Waals surface area contributed by atoms with E-state index >= 15 is 0 Å².